The molecule has 0 unspecified atom stereocenters. The minimum atomic E-state index is -0.596. The summed E-state index contributed by atoms with van der Waals surface area (Å²) in [6.07, 6.45) is 1.73. The molecule has 0 fully saturated rings. The zero-order valence-corrected chi connectivity index (χ0v) is 14.9. The van der Waals surface area contributed by atoms with Gasteiger partial charge >= 0.3 is 0 Å². The lowest BCUT2D eigenvalue weighted by Crippen LogP contribution is -2.14. The van der Waals surface area contributed by atoms with Crippen LogP contribution in [0.4, 0.5) is 0 Å². The Labute approximate surface area is 160 Å². The summed E-state index contributed by atoms with van der Waals surface area (Å²) in [7, 11) is 0. The van der Waals surface area contributed by atoms with E-state index in [9.17, 15) is 4.79 Å². The van der Waals surface area contributed by atoms with Crippen molar-refractivity contribution < 1.29 is 10.0 Å². The lowest BCUT2D eigenvalue weighted by atomic mass is 10.1. The van der Waals surface area contributed by atoms with E-state index in [0.717, 1.165) is 22.2 Å². The number of hydrogen-bond donors (Lipinski definition) is 2. The lowest BCUT2D eigenvalue weighted by Gasteiger charge is -2.07. The second-order valence-electron chi connectivity index (χ2n) is 6.17. The van der Waals surface area contributed by atoms with Gasteiger partial charge in [0.1, 0.15) is 11.4 Å². The number of benzene rings is 1. The second-order valence-corrected chi connectivity index (χ2v) is 6.17. The smallest absolute Gasteiger partial charge is 0.267 e. The summed E-state index contributed by atoms with van der Waals surface area (Å²) in [6.45, 7) is 1.68. The summed E-state index contributed by atoms with van der Waals surface area (Å²) >= 11 is 0. The van der Waals surface area contributed by atoms with Gasteiger partial charge in [-0.05, 0) is 37.3 Å². The molecule has 3 aromatic heterocycles. The Kier molecular flexibility index (Phi) is 4.29. The summed E-state index contributed by atoms with van der Waals surface area (Å²) in [5, 5.41) is 17.5. The minimum absolute atomic E-state index is 0.172. The molecule has 0 spiro atoms. The average Bonchev–Trinajstić information content (AvgIpc) is 3.16. The molecule has 0 atom stereocenters. The van der Waals surface area contributed by atoms with Crippen molar-refractivity contribution in [2.45, 2.75) is 6.92 Å². The fraction of sp³-hybridized carbons (Fsp3) is 0.0500. The van der Waals surface area contributed by atoms with Gasteiger partial charge in [-0.3, -0.25) is 4.79 Å². The van der Waals surface area contributed by atoms with E-state index in [-0.39, 0.29) is 5.69 Å². The number of hydrogen-bond acceptors (Lipinski definition) is 6. The topological polar surface area (TPSA) is 119 Å². The fourth-order valence-corrected chi connectivity index (χ4v) is 2.89. The third-order valence-electron chi connectivity index (χ3n) is 4.34. The predicted molar refractivity (Wildman–Crippen MR) is 105 cm³/mol. The molecule has 0 saturated heterocycles. The van der Waals surface area contributed by atoms with Crippen LogP contribution in [0.5, 0.6) is 0 Å². The van der Waals surface area contributed by atoms with E-state index in [1.165, 1.54) is 0 Å². The van der Waals surface area contributed by atoms with E-state index in [2.05, 4.69) is 20.2 Å². The predicted octanol–water partition coefficient (Wildman–Crippen LogP) is 2.78. The highest BCUT2D eigenvalue weighted by molar-refractivity contribution is 5.97. The van der Waals surface area contributed by atoms with Crippen molar-refractivity contribution >= 4 is 22.5 Å². The highest BCUT2D eigenvalue weighted by Crippen LogP contribution is 2.25. The van der Waals surface area contributed by atoms with Crippen molar-refractivity contribution in [2.75, 3.05) is 0 Å². The Bertz CT molecular complexity index is 1230. The van der Waals surface area contributed by atoms with Gasteiger partial charge in [0.25, 0.3) is 5.91 Å². The molecule has 1 aromatic carbocycles. The zero-order chi connectivity index (χ0) is 19.7. The number of nitrogens with two attached hydrogens (primary N) is 1. The normalized spacial score (nSPS) is 11.7. The van der Waals surface area contributed by atoms with E-state index in [1.807, 2.05) is 30.3 Å². The van der Waals surface area contributed by atoms with Gasteiger partial charge in [0.15, 0.2) is 5.82 Å². The summed E-state index contributed by atoms with van der Waals surface area (Å²) in [4.78, 5) is 20.3. The molecular formula is C20H16N6O2. The SMILES string of the molecule is CC(=NO)c1cccc(-c2ccc3cnn(-c4cccc(C(N)=O)n4)c3c2)n1. The quantitative estimate of drug-likeness (QED) is 0.324. The summed E-state index contributed by atoms with van der Waals surface area (Å²) in [6, 6.07) is 16.4. The molecule has 1 amide bonds. The number of pyridine rings is 2. The third kappa shape index (κ3) is 3.07. The molecule has 4 rings (SSSR count). The number of aromatic nitrogens is 4. The summed E-state index contributed by atoms with van der Waals surface area (Å²) in [5.74, 6) is -0.102. The van der Waals surface area contributed by atoms with Crippen LogP contribution in [-0.2, 0) is 0 Å². The van der Waals surface area contributed by atoms with Crippen LogP contribution in [0.3, 0.4) is 0 Å². The summed E-state index contributed by atoms with van der Waals surface area (Å²) in [5.41, 5.74) is 8.93. The second kappa shape index (κ2) is 6.92. The molecule has 3 heterocycles. The van der Waals surface area contributed by atoms with Gasteiger partial charge in [0, 0.05) is 10.9 Å². The first-order valence-corrected chi connectivity index (χ1v) is 8.48. The van der Waals surface area contributed by atoms with E-state index in [0.29, 0.717) is 17.2 Å². The highest BCUT2D eigenvalue weighted by Gasteiger charge is 2.11. The van der Waals surface area contributed by atoms with Crippen LogP contribution in [-0.4, -0.2) is 36.6 Å². The fourth-order valence-electron chi connectivity index (χ4n) is 2.89. The maximum Gasteiger partial charge on any atom is 0.267 e. The van der Waals surface area contributed by atoms with Crippen molar-refractivity contribution in [3.8, 4) is 17.1 Å². The van der Waals surface area contributed by atoms with Crippen LogP contribution >= 0.6 is 0 Å². The molecule has 0 aliphatic rings. The van der Waals surface area contributed by atoms with Crippen molar-refractivity contribution in [3.05, 3.63) is 72.2 Å². The number of fused-ring (bicyclic) bond motifs is 1. The first-order chi connectivity index (χ1) is 13.6. The van der Waals surface area contributed by atoms with Gasteiger partial charge < -0.3 is 10.9 Å². The van der Waals surface area contributed by atoms with E-state index >= 15 is 0 Å². The van der Waals surface area contributed by atoms with E-state index < -0.39 is 5.91 Å². The number of rotatable bonds is 4. The molecule has 28 heavy (non-hydrogen) atoms. The number of carbonyl (C=O) groups is 1. The number of nitrogens with zero attached hydrogens (tertiary/aromatic N) is 5. The van der Waals surface area contributed by atoms with Crippen molar-refractivity contribution in [2.24, 2.45) is 10.9 Å². The largest absolute Gasteiger partial charge is 0.411 e. The molecule has 0 radical (unpaired) electrons. The number of carbonyl (C=O) groups excluding carboxylic acids is 1. The third-order valence-corrected chi connectivity index (χ3v) is 4.34. The van der Waals surface area contributed by atoms with Crippen LogP contribution in [0.2, 0.25) is 0 Å². The Hall–Kier alpha value is -4.07. The molecule has 4 aromatic rings. The van der Waals surface area contributed by atoms with Crippen LogP contribution in [0.1, 0.15) is 23.1 Å². The Morgan fingerprint density at radius 3 is 2.64 bits per heavy atom. The van der Waals surface area contributed by atoms with E-state index in [1.54, 1.807) is 42.1 Å². The number of amides is 1. The van der Waals surface area contributed by atoms with Crippen LogP contribution < -0.4 is 5.73 Å². The molecule has 0 aliphatic heterocycles. The van der Waals surface area contributed by atoms with Crippen molar-refractivity contribution in [3.63, 3.8) is 0 Å². The van der Waals surface area contributed by atoms with Crippen LogP contribution in [0.15, 0.2) is 65.9 Å². The number of oxime groups is 1. The van der Waals surface area contributed by atoms with E-state index in [4.69, 9.17) is 10.9 Å². The highest BCUT2D eigenvalue weighted by atomic mass is 16.4. The van der Waals surface area contributed by atoms with Crippen LogP contribution in [0.25, 0.3) is 28.0 Å². The van der Waals surface area contributed by atoms with Crippen molar-refractivity contribution in [1.82, 2.24) is 19.7 Å². The zero-order valence-electron chi connectivity index (χ0n) is 14.9. The first-order valence-electron chi connectivity index (χ1n) is 8.48. The van der Waals surface area contributed by atoms with Crippen molar-refractivity contribution in [1.29, 1.82) is 0 Å². The van der Waals surface area contributed by atoms with Gasteiger partial charge in [-0.25, -0.2) is 14.6 Å². The average molecular weight is 372 g/mol. The molecule has 3 N–H and O–H groups in total. The molecule has 138 valence electrons. The molecule has 0 aliphatic carbocycles. The van der Waals surface area contributed by atoms with Gasteiger partial charge in [-0.1, -0.05) is 29.4 Å². The van der Waals surface area contributed by atoms with Crippen LogP contribution in [0, 0.1) is 0 Å². The summed E-state index contributed by atoms with van der Waals surface area (Å²) < 4.78 is 1.65. The maximum absolute atomic E-state index is 11.4. The maximum atomic E-state index is 11.4. The van der Waals surface area contributed by atoms with Gasteiger partial charge in [-0.2, -0.15) is 5.10 Å². The molecule has 8 nitrogen and oxygen atoms in total. The molecule has 8 heteroatoms. The first kappa shape index (κ1) is 17.3. The van der Waals surface area contributed by atoms with Gasteiger partial charge in [-0.15, -0.1) is 0 Å². The monoisotopic (exact) mass is 372 g/mol. The van der Waals surface area contributed by atoms with Gasteiger partial charge in [0.05, 0.1) is 23.1 Å². The standard InChI is InChI=1S/C20H16N6O2/c1-12(25-28)15-4-2-5-16(23-15)13-8-9-14-11-22-26(18(14)10-13)19-7-3-6-17(24-19)20(21)27/h2-11,28H,1H3,(H2,21,27). The Balaban J connectivity index is 1.83. The lowest BCUT2D eigenvalue weighted by molar-refractivity contribution is 0.0995. The van der Waals surface area contributed by atoms with Gasteiger partial charge in [0.2, 0.25) is 0 Å². The Morgan fingerprint density at radius 1 is 1.07 bits per heavy atom. The molecular weight excluding hydrogens is 356 g/mol. The minimum Gasteiger partial charge on any atom is -0.411 e. The molecule has 0 saturated carbocycles. The number of primary amides is 1. The Morgan fingerprint density at radius 2 is 1.86 bits per heavy atom. The molecule has 0 bridgehead atoms.